The Morgan fingerprint density at radius 2 is 1.09 bits per heavy atom. The van der Waals surface area contributed by atoms with E-state index in [0.717, 1.165) is 100 Å². The second kappa shape index (κ2) is 19.4. The summed E-state index contributed by atoms with van der Waals surface area (Å²) in [6.45, 7) is 9.13. The van der Waals surface area contributed by atoms with Crippen molar-refractivity contribution in [2.75, 3.05) is 6.61 Å². The van der Waals surface area contributed by atoms with Gasteiger partial charge in [0.2, 0.25) is 5.75 Å². The molecule has 0 heterocycles. The van der Waals surface area contributed by atoms with Crippen LogP contribution >= 0.6 is 0 Å². The molecule has 5 heteroatoms. The molecule has 0 saturated carbocycles. The minimum absolute atomic E-state index is 0.00464. The number of rotatable bonds is 22. The van der Waals surface area contributed by atoms with Crippen molar-refractivity contribution in [1.29, 1.82) is 0 Å². The molecule has 0 radical (unpaired) electrons. The Bertz CT molecular complexity index is 713. The maximum atomic E-state index is 12.3. The Morgan fingerprint density at radius 1 is 0.629 bits per heavy atom. The Balaban J connectivity index is 3.27. The van der Waals surface area contributed by atoms with Gasteiger partial charge in [0, 0.05) is 5.56 Å². The summed E-state index contributed by atoms with van der Waals surface area (Å²) in [5.74, 6) is -1.13. The van der Waals surface area contributed by atoms with E-state index in [2.05, 4.69) is 27.7 Å². The Morgan fingerprint density at radius 3 is 1.63 bits per heavy atom. The highest BCUT2D eigenvalue weighted by Gasteiger charge is 2.28. The van der Waals surface area contributed by atoms with Crippen LogP contribution in [-0.4, -0.2) is 22.8 Å². The maximum Gasteiger partial charge on any atom is 0.339 e. The van der Waals surface area contributed by atoms with Gasteiger partial charge in [0.1, 0.15) is 5.56 Å². The van der Waals surface area contributed by atoms with Crippen LogP contribution in [0.25, 0.3) is 0 Å². The predicted octanol–water partition coefficient (Wildman–Crippen LogP) is 8.96. The summed E-state index contributed by atoms with van der Waals surface area (Å²) < 4.78 is 0. The third-order valence-corrected chi connectivity index (χ3v) is 6.78. The molecular weight excluding hydrogens is 440 g/mol. The van der Waals surface area contributed by atoms with Crippen molar-refractivity contribution in [2.45, 2.75) is 143 Å². The summed E-state index contributed by atoms with van der Waals surface area (Å²) in [6.07, 6.45) is 18.5. The molecule has 0 unspecified atom stereocenters. The molecule has 1 rings (SSSR count). The minimum Gasteiger partial charge on any atom is -0.504 e. The number of benzene rings is 1. The van der Waals surface area contributed by atoms with E-state index in [1.807, 2.05) is 0 Å². The van der Waals surface area contributed by atoms with Crippen LogP contribution < -0.4 is 4.89 Å². The fourth-order valence-electron chi connectivity index (χ4n) is 4.73. The summed E-state index contributed by atoms with van der Waals surface area (Å²) in [4.78, 5) is 23.6. The second-order valence-electron chi connectivity index (χ2n) is 9.84. The van der Waals surface area contributed by atoms with Gasteiger partial charge in [-0.2, -0.15) is 4.89 Å². The van der Waals surface area contributed by atoms with Gasteiger partial charge in [-0.1, -0.05) is 98.3 Å². The van der Waals surface area contributed by atoms with Crippen LogP contribution in [0.5, 0.6) is 11.5 Å². The normalized spacial score (nSPS) is 11.2. The molecule has 0 bridgehead atoms. The zero-order valence-electron chi connectivity index (χ0n) is 23.1. The van der Waals surface area contributed by atoms with Crippen LogP contribution in [-0.2, 0) is 24.2 Å². The largest absolute Gasteiger partial charge is 0.504 e. The first-order valence-electron chi connectivity index (χ1n) is 14.4. The van der Waals surface area contributed by atoms with E-state index >= 15 is 0 Å². The van der Waals surface area contributed by atoms with Crippen molar-refractivity contribution in [1.82, 2.24) is 0 Å². The first-order valence-corrected chi connectivity index (χ1v) is 14.4. The summed E-state index contributed by atoms with van der Waals surface area (Å²) in [5, 5.41) is 21.2. The number of hydrogen-bond acceptors (Lipinski definition) is 4. The van der Waals surface area contributed by atoms with Crippen molar-refractivity contribution in [3.05, 3.63) is 22.3 Å². The van der Waals surface area contributed by atoms with Gasteiger partial charge in [-0.05, 0) is 56.1 Å². The standard InChI is InChI=1S/C30H52O5/c1-5-9-13-14-15-19-23-34-35-29-26(22-18-12-8-4)24(20-16-10-6-2)25(21-17-11-7-3)27(28(29)31)30(32)33/h31H,5-23H2,1-4H3,(H,32,33). The van der Waals surface area contributed by atoms with Crippen LogP contribution in [0.2, 0.25) is 0 Å². The summed E-state index contributed by atoms with van der Waals surface area (Å²) in [7, 11) is 0. The van der Waals surface area contributed by atoms with Crippen molar-refractivity contribution in [2.24, 2.45) is 0 Å². The third kappa shape index (κ3) is 11.2. The molecule has 0 aliphatic carbocycles. The lowest BCUT2D eigenvalue weighted by Crippen LogP contribution is -2.14. The first-order chi connectivity index (χ1) is 17.0. The van der Waals surface area contributed by atoms with Gasteiger partial charge in [0.15, 0.2) is 5.75 Å². The number of carbonyl (C=O) groups is 1. The molecule has 0 atom stereocenters. The molecule has 0 fully saturated rings. The van der Waals surface area contributed by atoms with Gasteiger partial charge in [-0.15, -0.1) is 0 Å². The molecule has 0 amide bonds. The monoisotopic (exact) mass is 492 g/mol. The van der Waals surface area contributed by atoms with Crippen LogP contribution in [0.15, 0.2) is 0 Å². The highest BCUT2D eigenvalue weighted by atomic mass is 17.2. The third-order valence-electron chi connectivity index (χ3n) is 6.78. The fourth-order valence-corrected chi connectivity index (χ4v) is 4.73. The van der Waals surface area contributed by atoms with E-state index in [-0.39, 0.29) is 17.1 Å². The number of aromatic carboxylic acids is 1. The molecular formula is C30H52O5. The molecule has 1 aromatic carbocycles. The number of carboxylic acid groups (broad SMARTS) is 1. The lowest BCUT2D eigenvalue weighted by molar-refractivity contribution is -0.208. The number of carboxylic acids is 1. The highest BCUT2D eigenvalue weighted by Crippen LogP contribution is 2.42. The lowest BCUT2D eigenvalue weighted by Gasteiger charge is -2.22. The van der Waals surface area contributed by atoms with Crippen LogP contribution in [0.3, 0.4) is 0 Å². The van der Waals surface area contributed by atoms with Gasteiger partial charge in [-0.3, -0.25) is 0 Å². The average Bonchev–Trinajstić information content (AvgIpc) is 2.83. The van der Waals surface area contributed by atoms with Crippen molar-refractivity contribution >= 4 is 5.97 Å². The number of hydrogen-bond donors (Lipinski definition) is 2. The molecule has 202 valence electrons. The van der Waals surface area contributed by atoms with Gasteiger partial charge in [-0.25, -0.2) is 4.79 Å². The van der Waals surface area contributed by atoms with Crippen LogP contribution in [0.4, 0.5) is 0 Å². The van der Waals surface area contributed by atoms with Crippen molar-refractivity contribution in [3.63, 3.8) is 0 Å². The summed E-state index contributed by atoms with van der Waals surface area (Å²) >= 11 is 0. The molecule has 35 heavy (non-hydrogen) atoms. The van der Waals surface area contributed by atoms with Crippen LogP contribution in [0.1, 0.15) is 151 Å². The van der Waals surface area contributed by atoms with E-state index in [0.29, 0.717) is 13.0 Å². The number of unbranched alkanes of at least 4 members (excludes halogenated alkanes) is 11. The summed E-state index contributed by atoms with van der Waals surface area (Å²) in [6, 6.07) is 0. The van der Waals surface area contributed by atoms with E-state index in [4.69, 9.17) is 9.78 Å². The molecule has 2 N–H and O–H groups in total. The molecule has 0 aliphatic rings. The topological polar surface area (TPSA) is 76.0 Å². The van der Waals surface area contributed by atoms with Crippen LogP contribution in [0, 0.1) is 0 Å². The van der Waals surface area contributed by atoms with Gasteiger partial charge < -0.3 is 15.1 Å². The summed E-state index contributed by atoms with van der Waals surface area (Å²) in [5.41, 5.74) is 2.82. The Labute approximate surface area is 214 Å². The maximum absolute atomic E-state index is 12.3. The first kappa shape index (κ1) is 31.3. The van der Waals surface area contributed by atoms with Gasteiger partial charge in [0.05, 0.1) is 6.61 Å². The number of phenols is 1. The van der Waals surface area contributed by atoms with E-state index in [9.17, 15) is 15.0 Å². The molecule has 0 aromatic heterocycles. The molecule has 5 nitrogen and oxygen atoms in total. The molecule has 0 saturated heterocycles. The smallest absolute Gasteiger partial charge is 0.339 e. The van der Waals surface area contributed by atoms with E-state index in [1.165, 1.54) is 25.7 Å². The lowest BCUT2D eigenvalue weighted by atomic mass is 9.86. The SMILES string of the molecule is CCCCCCCCOOc1c(O)c(C(=O)O)c(CCCCC)c(CCCCC)c1CCCCC. The second-order valence-corrected chi connectivity index (χ2v) is 9.84. The molecule has 0 spiro atoms. The van der Waals surface area contributed by atoms with Gasteiger partial charge in [0.25, 0.3) is 0 Å². The van der Waals surface area contributed by atoms with Gasteiger partial charge >= 0.3 is 5.97 Å². The predicted molar refractivity (Wildman–Crippen MR) is 145 cm³/mol. The van der Waals surface area contributed by atoms with E-state index < -0.39 is 5.97 Å². The molecule has 1 aromatic rings. The zero-order valence-corrected chi connectivity index (χ0v) is 23.1. The Kier molecular flexibility index (Phi) is 17.4. The van der Waals surface area contributed by atoms with Crippen molar-refractivity contribution in [3.8, 4) is 11.5 Å². The molecule has 0 aliphatic heterocycles. The van der Waals surface area contributed by atoms with Crippen molar-refractivity contribution < 1.29 is 24.8 Å². The fraction of sp³-hybridized carbons (Fsp3) is 0.767. The quantitative estimate of drug-likeness (QED) is 0.0959. The average molecular weight is 493 g/mol. The van der Waals surface area contributed by atoms with E-state index in [1.54, 1.807) is 0 Å². The Hall–Kier alpha value is -1.75. The highest BCUT2D eigenvalue weighted by molar-refractivity contribution is 5.94. The zero-order chi connectivity index (χ0) is 25.9. The number of aromatic hydroxyl groups is 1. The minimum atomic E-state index is -1.09.